The minimum Gasteiger partial charge on any atom is -0.397 e. The molecule has 0 aliphatic heterocycles. The molecule has 0 aromatic heterocycles. The van der Waals surface area contributed by atoms with Crippen molar-refractivity contribution in [2.75, 3.05) is 17.7 Å². The number of rotatable bonds is 3. The van der Waals surface area contributed by atoms with Gasteiger partial charge in [0, 0.05) is 18.6 Å². The Labute approximate surface area is 96.7 Å². The van der Waals surface area contributed by atoms with Gasteiger partial charge in [-0.2, -0.15) is 0 Å². The summed E-state index contributed by atoms with van der Waals surface area (Å²) in [5.41, 5.74) is 8.96. The van der Waals surface area contributed by atoms with Crippen LogP contribution >= 0.6 is 0 Å². The summed E-state index contributed by atoms with van der Waals surface area (Å²) in [4.78, 5) is 0. The van der Waals surface area contributed by atoms with Gasteiger partial charge in [-0.15, -0.1) is 0 Å². The fraction of sp³-hybridized carbons (Fsp3) is 0.538. The summed E-state index contributed by atoms with van der Waals surface area (Å²) in [7, 11) is 0. The molecular formula is C13H20N2O. The van der Waals surface area contributed by atoms with Crippen molar-refractivity contribution in [2.24, 2.45) is 5.92 Å². The van der Waals surface area contributed by atoms with Crippen LogP contribution in [0.15, 0.2) is 18.2 Å². The molecule has 16 heavy (non-hydrogen) atoms. The predicted octanol–water partition coefficient (Wildman–Crippen LogP) is 2.15. The van der Waals surface area contributed by atoms with Crippen LogP contribution in [0.2, 0.25) is 0 Å². The zero-order valence-electron chi connectivity index (χ0n) is 9.74. The molecule has 1 saturated carbocycles. The monoisotopic (exact) mass is 220 g/mol. The van der Waals surface area contributed by atoms with E-state index in [1.807, 2.05) is 12.1 Å². The number of anilines is 2. The lowest BCUT2D eigenvalue weighted by atomic mass is 10.0. The van der Waals surface area contributed by atoms with E-state index in [4.69, 9.17) is 5.73 Å². The average molecular weight is 220 g/mol. The van der Waals surface area contributed by atoms with Crippen LogP contribution in [0.3, 0.4) is 0 Å². The first kappa shape index (κ1) is 11.3. The second kappa shape index (κ2) is 4.74. The standard InChI is InChI=1S/C13H20N2O/c1-9-4-2-6-11(14)13(9)15-12-7-3-5-10(12)8-16/h2,4,6,10,12,15-16H,3,5,7-8,14H2,1H3. The Morgan fingerprint density at radius 2 is 2.25 bits per heavy atom. The number of nitrogens with one attached hydrogen (secondary N) is 1. The largest absolute Gasteiger partial charge is 0.397 e. The molecule has 2 atom stereocenters. The average Bonchev–Trinajstić information content (AvgIpc) is 2.71. The van der Waals surface area contributed by atoms with E-state index in [0.717, 1.165) is 24.2 Å². The lowest BCUT2D eigenvalue weighted by Gasteiger charge is -2.22. The number of aliphatic hydroxyl groups is 1. The van der Waals surface area contributed by atoms with E-state index in [2.05, 4.69) is 18.3 Å². The Morgan fingerprint density at radius 3 is 2.94 bits per heavy atom. The molecule has 0 heterocycles. The lowest BCUT2D eigenvalue weighted by molar-refractivity contribution is 0.222. The number of aliphatic hydroxyl groups excluding tert-OH is 1. The molecule has 1 aromatic carbocycles. The predicted molar refractivity (Wildman–Crippen MR) is 67.4 cm³/mol. The highest BCUT2D eigenvalue weighted by Crippen LogP contribution is 2.31. The fourth-order valence-corrected chi connectivity index (χ4v) is 2.52. The minimum atomic E-state index is 0.267. The van der Waals surface area contributed by atoms with E-state index < -0.39 is 0 Å². The SMILES string of the molecule is Cc1cccc(N)c1NC1CCCC1CO. The van der Waals surface area contributed by atoms with Crippen molar-refractivity contribution in [3.63, 3.8) is 0 Å². The van der Waals surface area contributed by atoms with Gasteiger partial charge in [0.2, 0.25) is 0 Å². The topological polar surface area (TPSA) is 58.3 Å². The Morgan fingerprint density at radius 1 is 1.44 bits per heavy atom. The number of hydrogen-bond acceptors (Lipinski definition) is 3. The van der Waals surface area contributed by atoms with Crippen LogP contribution in [0.4, 0.5) is 11.4 Å². The molecule has 0 amide bonds. The van der Waals surface area contributed by atoms with Gasteiger partial charge in [0.05, 0.1) is 11.4 Å². The van der Waals surface area contributed by atoms with Gasteiger partial charge in [0.25, 0.3) is 0 Å². The summed E-state index contributed by atoms with van der Waals surface area (Å²) >= 11 is 0. The molecule has 3 heteroatoms. The molecule has 0 saturated heterocycles. The number of nitrogen functional groups attached to an aromatic ring is 1. The minimum absolute atomic E-state index is 0.267. The van der Waals surface area contributed by atoms with Crippen molar-refractivity contribution < 1.29 is 5.11 Å². The van der Waals surface area contributed by atoms with Gasteiger partial charge in [0.15, 0.2) is 0 Å². The Bertz CT molecular complexity index is 345. The number of benzene rings is 1. The Hall–Kier alpha value is -1.22. The van der Waals surface area contributed by atoms with E-state index in [9.17, 15) is 5.11 Å². The normalized spacial score (nSPS) is 24.6. The van der Waals surface area contributed by atoms with E-state index in [-0.39, 0.29) is 6.61 Å². The smallest absolute Gasteiger partial charge is 0.0605 e. The number of hydrogen-bond donors (Lipinski definition) is 3. The van der Waals surface area contributed by atoms with Crippen molar-refractivity contribution in [3.8, 4) is 0 Å². The maximum absolute atomic E-state index is 9.28. The van der Waals surface area contributed by atoms with Crippen molar-refractivity contribution in [2.45, 2.75) is 32.2 Å². The van der Waals surface area contributed by atoms with E-state index in [1.54, 1.807) is 0 Å². The molecule has 1 aliphatic rings. The van der Waals surface area contributed by atoms with Gasteiger partial charge in [-0.3, -0.25) is 0 Å². The first-order valence-corrected chi connectivity index (χ1v) is 5.95. The second-order valence-corrected chi connectivity index (χ2v) is 4.66. The van der Waals surface area contributed by atoms with Crippen LogP contribution in [0.25, 0.3) is 0 Å². The van der Waals surface area contributed by atoms with Crippen LogP contribution in [0.1, 0.15) is 24.8 Å². The first-order valence-electron chi connectivity index (χ1n) is 5.95. The van der Waals surface area contributed by atoms with Crippen LogP contribution < -0.4 is 11.1 Å². The van der Waals surface area contributed by atoms with Gasteiger partial charge in [-0.1, -0.05) is 18.6 Å². The molecule has 4 N–H and O–H groups in total. The number of nitrogens with two attached hydrogens (primary N) is 1. The van der Waals surface area contributed by atoms with Crippen molar-refractivity contribution in [1.82, 2.24) is 0 Å². The highest BCUT2D eigenvalue weighted by molar-refractivity contribution is 5.70. The van der Waals surface area contributed by atoms with Gasteiger partial charge in [-0.25, -0.2) is 0 Å². The van der Waals surface area contributed by atoms with Gasteiger partial charge in [0.1, 0.15) is 0 Å². The van der Waals surface area contributed by atoms with Crippen molar-refractivity contribution >= 4 is 11.4 Å². The molecule has 1 fully saturated rings. The van der Waals surface area contributed by atoms with Gasteiger partial charge in [-0.05, 0) is 31.4 Å². The highest BCUT2D eigenvalue weighted by Gasteiger charge is 2.26. The van der Waals surface area contributed by atoms with Crippen LogP contribution in [-0.2, 0) is 0 Å². The molecule has 1 aliphatic carbocycles. The Kier molecular flexibility index (Phi) is 3.34. The maximum atomic E-state index is 9.28. The van der Waals surface area contributed by atoms with Gasteiger partial charge >= 0.3 is 0 Å². The zero-order valence-corrected chi connectivity index (χ0v) is 9.74. The number of para-hydroxylation sites is 1. The third-order valence-corrected chi connectivity index (χ3v) is 3.53. The second-order valence-electron chi connectivity index (χ2n) is 4.66. The summed E-state index contributed by atoms with van der Waals surface area (Å²) in [6, 6.07) is 6.31. The molecule has 2 unspecified atom stereocenters. The summed E-state index contributed by atoms with van der Waals surface area (Å²) in [6.07, 6.45) is 3.42. The maximum Gasteiger partial charge on any atom is 0.0605 e. The fourth-order valence-electron chi connectivity index (χ4n) is 2.52. The highest BCUT2D eigenvalue weighted by atomic mass is 16.3. The first-order chi connectivity index (χ1) is 7.72. The molecule has 0 bridgehead atoms. The molecule has 0 radical (unpaired) electrons. The van der Waals surface area contributed by atoms with Crippen LogP contribution in [0.5, 0.6) is 0 Å². The number of aryl methyl sites for hydroxylation is 1. The lowest BCUT2D eigenvalue weighted by Crippen LogP contribution is -2.27. The molecule has 3 nitrogen and oxygen atoms in total. The van der Waals surface area contributed by atoms with Crippen LogP contribution in [0, 0.1) is 12.8 Å². The third kappa shape index (κ3) is 2.14. The van der Waals surface area contributed by atoms with Crippen molar-refractivity contribution in [1.29, 1.82) is 0 Å². The molecular weight excluding hydrogens is 200 g/mol. The third-order valence-electron chi connectivity index (χ3n) is 3.53. The van der Waals surface area contributed by atoms with Gasteiger partial charge < -0.3 is 16.2 Å². The quantitative estimate of drug-likeness (QED) is 0.684. The molecule has 88 valence electrons. The molecule has 2 rings (SSSR count). The summed E-state index contributed by atoms with van der Waals surface area (Å²) in [5.74, 6) is 0.374. The van der Waals surface area contributed by atoms with Crippen molar-refractivity contribution in [3.05, 3.63) is 23.8 Å². The molecule has 1 aromatic rings. The Balaban J connectivity index is 2.14. The van der Waals surface area contributed by atoms with E-state index in [0.29, 0.717) is 12.0 Å². The van der Waals surface area contributed by atoms with E-state index >= 15 is 0 Å². The summed E-state index contributed by atoms with van der Waals surface area (Å²) in [6.45, 7) is 2.32. The zero-order chi connectivity index (χ0) is 11.5. The van der Waals surface area contributed by atoms with E-state index in [1.165, 1.54) is 12.0 Å². The summed E-state index contributed by atoms with van der Waals surface area (Å²) < 4.78 is 0. The molecule has 0 spiro atoms. The summed E-state index contributed by atoms with van der Waals surface area (Å²) in [5, 5.41) is 12.8. The van der Waals surface area contributed by atoms with Crippen LogP contribution in [-0.4, -0.2) is 17.8 Å².